The molecule has 0 radical (unpaired) electrons. The van der Waals surface area contributed by atoms with Crippen LogP contribution in [0.1, 0.15) is 51.9 Å². The van der Waals surface area contributed by atoms with Gasteiger partial charge in [-0.15, -0.1) is 6.58 Å². The summed E-state index contributed by atoms with van der Waals surface area (Å²) >= 11 is 0. The van der Waals surface area contributed by atoms with Gasteiger partial charge < -0.3 is 19.7 Å². The Bertz CT molecular complexity index is 645. The highest BCUT2D eigenvalue weighted by Crippen LogP contribution is 2.52. The number of amides is 2. The van der Waals surface area contributed by atoms with Gasteiger partial charge in [-0.1, -0.05) is 25.0 Å². The zero-order valence-electron chi connectivity index (χ0n) is 17.7. The molecule has 0 unspecified atom stereocenters. The fourth-order valence-electron chi connectivity index (χ4n) is 4.38. The third-order valence-electron chi connectivity index (χ3n) is 5.71. The molecule has 0 aromatic carbocycles. The molecule has 1 aliphatic heterocycles. The minimum atomic E-state index is -1.10. The molecular weight excluding hydrogens is 372 g/mol. The number of hydrogen-bond donors (Lipinski definition) is 1. The minimum absolute atomic E-state index is 0.0321. The van der Waals surface area contributed by atoms with Gasteiger partial charge in [-0.25, -0.2) is 0 Å². The second-order valence-corrected chi connectivity index (χ2v) is 7.57. The number of methoxy groups -OCH3 is 1. The lowest BCUT2D eigenvalue weighted by atomic mass is 9.69. The predicted molar refractivity (Wildman–Crippen MR) is 110 cm³/mol. The van der Waals surface area contributed by atoms with Crippen LogP contribution in [0.4, 0.5) is 0 Å². The van der Waals surface area contributed by atoms with Gasteiger partial charge in [-0.05, 0) is 32.6 Å². The van der Waals surface area contributed by atoms with Gasteiger partial charge in [0.2, 0.25) is 11.8 Å². The third-order valence-corrected chi connectivity index (χ3v) is 5.71. The molecule has 7 nitrogen and oxygen atoms in total. The summed E-state index contributed by atoms with van der Waals surface area (Å²) in [6.07, 6.45) is 8.44. The fraction of sp³-hybridized carbons (Fsp3) is 0.682. The van der Waals surface area contributed by atoms with Crippen molar-refractivity contribution in [3.05, 3.63) is 24.4 Å². The lowest BCUT2D eigenvalue weighted by molar-refractivity contribution is -0.158. The van der Waals surface area contributed by atoms with Crippen molar-refractivity contribution >= 4 is 17.8 Å². The second kappa shape index (κ2) is 11.1. The molecule has 1 aliphatic carbocycles. The lowest BCUT2D eigenvalue weighted by Crippen LogP contribution is -2.42. The van der Waals surface area contributed by atoms with Crippen LogP contribution in [0.25, 0.3) is 0 Å². The van der Waals surface area contributed by atoms with Crippen LogP contribution in [0, 0.1) is 11.3 Å². The van der Waals surface area contributed by atoms with Gasteiger partial charge in [0.1, 0.15) is 5.41 Å². The summed E-state index contributed by atoms with van der Waals surface area (Å²) in [5, 5.41) is 2.84. The summed E-state index contributed by atoms with van der Waals surface area (Å²) in [7, 11) is 1.61. The van der Waals surface area contributed by atoms with Crippen LogP contribution in [-0.2, 0) is 23.9 Å². The summed E-state index contributed by atoms with van der Waals surface area (Å²) in [5.41, 5.74) is -0.404. The summed E-state index contributed by atoms with van der Waals surface area (Å²) in [6, 6.07) is 0. The van der Waals surface area contributed by atoms with Crippen LogP contribution >= 0.6 is 0 Å². The van der Waals surface area contributed by atoms with E-state index in [-0.39, 0.29) is 24.8 Å². The number of likely N-dealkylation sites (tertiary alicyclic amines) is 1. The largest absolute Gasteiger partial charge is 0.465 e. The highest BCUT2D eigenvalue weighted by atomic mass is 16.5. The number of nitrogens with one attached hydrogen (secondary N) is 1. The fourth-order valence-corrected chi connectivity index (χ4v) is 4.38. The number of rotatable bonds is 10. The van der Waals surface area contributed by atoms with Crippen molar-refractivity contribution in [2.24, 2.45) is 11.3 Å². The van der Waals surface area contributed by atoms with E-state index in [1.54, 1.807) is 25.0 Å². The number of ether oxygens (including phenoxy) is 2. The Labute approximate surface area is 173 Å². The maximum Gasteiger partial charge on any atom is 0.318 e. The number of esters is 1. The molecular formula is C22H34N2O5. The summed E-state index contributed by atoms with van der Waals surface area (Å²) in [5.74, 6) is -1.58. The highest BCUT2D eigenvalue weighted by molar-refractivity contribution is 5.98. The molecule has 1 saturated heterocycles. The third kappa shape index (κ3) is 5.07. The zero-order valence-corrected chi connectivity index (χ0v) is 17.7. The molecule has 162 valence electrons. The van der Waals surface area contributed by atoms with Crippen molar-refractivity contribution in [2.75, 3.05) is 33.4 Å². The van der Waals surface area contributed by atoms with E-state index in [1.165, 1.54) is 0 Å². The molecule has 1 fully saturated rings. The predicted octanol–water partition coefficient (Wildman–Crippen LogP) is 2.57. The van der Waals surface area contributed by atoms with Crippen LogP contribution < -0.4 is 5.32 Å². The minimum Gasteiger partial charge on any atom is -0.465 e. The van der Waals surface area contributed by atoms with Gasteiger partial charge in [0.15, 0.2) is 0 Å². The van der Waals surface area contributed by atoms with E-state index < -0.39 is 17.3 Å². The monoisotopic (exact) mass is 406 g/mol. The Morgan fingerprint density at radius 1 is 1.38 bits per heavy atom. The molecule has 2 aliphatic rings. The van der Waals surface area contributed by atoms with Crippen molar-refractivity contribution in [3.8, 4) is 0 Å². The lowest BCUT2D eigenvalue weighted by Gasteiger charge is -2.34. The van der Waals surface area contributed by atoms with Gasteiger partial charge in [0.25, 0.3) is 0 Å². The number of nitrogens with zero attached hydrogens (tertiary/aromatic N) is 1. The van der Waals surface area contributed by atoms with Crippen molar-refractivity contribution in [3.63, 3.8) is 0 Å². The first-order valence-electron chi connectivity index (χ1n) is 10.6. The Balaban J connectivity index is 2.37. The molecule has 0 saturated carbocycles. The van der Waals surface area contributed by atoms with Crippen molar-refractivity contribution in [2.45, 2.75) is 51.9 Å². The average molecular weight is 407 g/mol. The quantitative estimate of drug-likeness (QED) is 0.342. The van der Waals surface area contributed by atoms with E-state index in [9.17, 15) is 14.4 Å². The SMILES string of the molecule is C=CCN1C(=O)[C@@H](CC(=O)NCCCOC)[C@]2(C(=O)OCC)CCCCC/C=C/12. The van der Waals surface area contributed by atoms with E-state index in [0.717, 1.165) is 25.7 Å². The molecule has 1 N–H and O–H groups in total. The molecule has 0 aromatic heterocycles. The van der Waals surface area contributed by atoms with E-state index in [4.69, 9.17) is 9.47 Å². The topological polar surface area (TPSA) is 84.9 Å². The zero-order chi connectivity index (χ0) is 21.3. The van der Waals surface area contributed by atoms with E-state index in [1.807, 2.05) is 6.08 Å². The molecule has 0 bridgehead atoms. The molecule has 0 spiro atoms. The number of hydrogen-bond acceptors (Lipinski definition) is 5. The molecule has 0 aromatic rings. The standard InChI is InChI=1S/C22H34N2O5/c1-4-14-24-18-11-8-6-7-9-12-22(18,21(27)29-5-2)17(20(24)26)16-19(25)23-13-10-15-28-3/h4,11,17H,1,5-10,12-16H2,2-3H3,(H,23,25)/b18-11+/t17-,22-/m1/s1. The molecule has 29 heavy (non-hydrogen) atoms. The Hall–Kier alpha value is -2.15. The number of allylic oxidation sites excluding steroid dienone is 1. The Kier molecular flexibility index (Phi) is 8.89. The summed E-state index contributed by atoms with van der Waals surface area (Å²) in [6.45, 7) is 7.09. The summed E-state index contributed by atoms with van der Waals surface area (Å²) in [4.78, 5) is 40.8. The second-order valence-electron chi connectivity index (χ2n) is 7.57. The van der Waals surface area contributed by atoms with Crippen molar-refractivity contribution < 1.29 is 23.9 Å². The number of fused-ring (bicyclic) bond motifs is 1. The molecule has 1 heterocycles. The Morgan fingerprint density at radius 2 is 2.17 bits per heavy atom. The molecule has 2 amide bonds. The van der Waals surface area contributed by atoms with Crippen molar-refractivity contribution in [1.29, 1.82) is 0 Å². The first-order chi connectivity index (χ1) is 14.0. The number of carbonyl (C=O) groups is 3. The van der Waals surface area contributed by atoms with Gasteiger partial charge in [0, 0.05) is 38.9 Å². The first-order valence-corrected chi connectivity index (χ1v) is 10.6. The average Bonchev–Trinajstić information content (AvgIpc) is 2.88. The normalized spacial score (nSPS) is 26.0. The maximum atomic E-state index is 13.3. The molecule has 2 rings (SSSR count). The first kappa shape index (κ1) is 23.1. The Morgan fingerprint density at radius 3 is 2.86 bits per heavy atom. The van der Waals surface area contributed by atoms with Crippen LogP contribution in [0.3, 0.4) is 0 Å². The van der Waals surface area contributed by atoms with Crippen LogP contribution in [0.2, 0.25) is 0 Å². The van der Waals surface area contributed by atoms with E-state index >= 15 is 0 Å². The van der Waals surface area contributed by atoms with E-state index in [2.05, 4.69) is 11.9 Å². The van der Waals surface area contributed by atoms with Crippen LogP contribution in [0.15, 0.2) is 24.4 Å². The van der Waals surface area contributed by atoms with Gasteiger partial charge in [-0.2, -0.15) is 0 Å². The van der Waals surface area contributed by atoms with Gasteiger partial charge >= 0.3 is 5.97 Å². The molecule has 7 heteroatoms. The van der Waals surface area contributed by atoms with Crippen LogP contribution in [-0.4, -0.2) is 56.1 Å². The smallest absolute Gasteiger partial charge is 0.318 e. The molecule has 2 atom stereocenters. The number of carbonyl (C=O) groups excluding carboxylic acids is 3. The van der Waals surface area contributed by atoms with Gasteiger partial charge in [-0.3, -0.25) is 14.4 Å². The van der Waals surface area contributed by atoms with Gasteiger partial charge in [0.05, 0.1) is 12.5 Å². The van der Waals surface area contributed by atoms with Crippen LogP contribution in [0.5, 0.6) is 0 Å². The summed E-state index contributed by atoms with van der Waals surface area (Å²) < 4.78 is 10.4. The van der Waals surface area contributed by atoms with Crippen molar-refractivity contribution in [1.82, 2.24) is 10.2 Å². The highest BCUT2D eigenvalue weighted by Gasteiger charge is 2.61. The van der Waals surface area contributed by atoms with E-state index in [0.29, 0.717) is 38.2 Å². The maximum absolute atomic E-state index is 13.3.